The molecule has 1 heterocycles. The molecule has 0 saturated heterocycles. The normalized spacial score (nSPS) is 12.3. The van der Waals surface area contributed by atoms with Crippen molar-refractivity contribution in [3.63, 3.8) is 0 Å². The first kappa shape index (κ1) is 17.1. The molecule has 0 aliphatic heterocycles. The van der Waals surface area contributed by atoms with Crippen molar-refractivity contribution in [1.29, 1.82) is 0 Å². The number of likely N-dealkylation sites (N-methyl/N-ethyl adjacent to an activating group) is 1. The van der Waals surface area contributed by atoms with Crippen LogP contribution in [0, 0.1) is 0 Å². The van der Waals surface area contributed by atoms with Crippen LogP contribution >= 0.6 is 0 Å². The minimum Gasteiger partial charge on any atom is -0.355 e. The topological polar surface area (TPSA) is 75.9 Å². The zero-order valence-corrected chi connectivity index (χ0v) is 13.9. The van der Waals surface area contributed by atoms with Gasteiger partial charge in [-0.3, -0.25) is 4.79 Å². The summed E-state index contributed by atoms with van der Waals surface area (Å²) in [5.74, 6) is 0.0396. The van der Waals surface area contributed by atoms with Crippen molar-refractivity contribution in [2.75, 3.05) is 20.1 Å². The van der Waals surface area contributed by atoms with Gasteiger partial charge in [-0.1, -0.05) is 19.1 Å². The number of hydrogen-bond acceptors (Lipinski definition) is 5. The van der Waals surface area contributed by atoms with E-state index >= 15 is 0 Å². The van der Waals surface area contributed by atoms with Crippen LogP contribution in [0.1, 0.15) is 25.8 Å². The van der Waals surface area contributed by atoms with Gasteiger partial charge in [0.25, 0.3) is 0 Å². The molecule has 2 rings (SSSR count). The maximum absolute atomic E-state index is 12.0. The predicted molar refractivity (Wildman–Crippen MR) is 88.3 cm³/mol. The summed E-state index contributed by atoms with van der Waals surface area (Å²) in [5, 5.41) is 14.0. The summed E-state index contributed by atoms with van der Waals surface area (Å²) in [6.07, 6.45) is 3.02. The average molecular weight is 316 g/mol. The molecule has 0 aliphatic rings. The van der Waals surface area contributed by atoms with Crippen LogP contribution in [0.3, 0.4) is 0 Å². The van der Waals surface area contributed by atoms with Gasteiger partial charge in [-0.05, 0) is 48.5 Å². The lowest BCUT2D eigenvalue weighted by molar-refractivity contribution is -0.120. The molecule has 124 valence electrons. The van der Waals surface area contributed by atoms with E-state index in [4.69, 9.17) is 0 Å². The molecule has 7 nitrogen and oxygen atoms in total. The van der Waals surface area contributed by atoms with Crippen LogP contribution in [0.2, 0.25) is 0 Å². The van der Waals surface area contributed by atoms with Crippen molar-refractivity contribution in [2.24, 2.45) is 0 Å². The van der Waals surface area contributed by atoms with Crippen molar-refractivity contribution in [3.05, 3.63) is 36.2 Å². The first-order valence-electron chi connectivity index (χ1n) is 7.89. The number of tetrazole rings is 1. The molecule has 1 unspecified atom stereocenters. The summed E-state index contributed by atoms with van der Waals surface area (Å²) < 4.78 is 1.58. The number of amides is 1. The van der Waals surface area contributed by atoms with E-state index in [1.165, 1.54) is 6.33 Å². The highest BCUT2D eigenvalue weighted by atomic mass is 16.1. The van der Waals surface area contributed by atoms with Crippen molar-refractivity contribution in [3.8, 4) is 5.69 Å². The van der Waals surface area contributed by atoms with Gasteiger partial charge in [0.2, 0.25) is 5.91 Å². The maximum atomic E-state index is 12.0. The lowest BCUT2D eigenvalue weighted by Gasteiger charge is -2.23. The van der Waals surface area contributed by atoms with Crippen LogP contribution in [0.25, 0.3) is 5.69 Å². The molecule has 0 fully saturated rings. The second kappa shape index (κ2) is 8.38. The summed E-state index contributed by atoms with van der Waals surface area (Å²) in [7, 11) is 2.08. The fraction of sp³-hybridized carbons (Fsp3) is 0.500. The number of hydrogen-bond donors (Lipinski definition) is 1. The van der Waals surface area contributed by atoms with Gasteiger partial charge in [0.1, 0.15) is 6.33 Å². The molecule has 1 atom stereocenters. The minimum absolute atomic E-state index is 0.0396. The molecule has 1 aromatic carbocycles. The molecule has 0 bridgehead atoms. The second-order valence-corrected chi connectivity index (χ2v) is 5.69. The van der Waals surface area contributed by atoms with Gasteiger partial charge in [0.15, 0.2) is 0 Å². The zero-order chi connectivity index (χ0) is 16.7. The van der Waals surface area contributed by atoms with Gasteiger partial charge in [-0.2, -0.15) is 0 Å². The van der Waals surface area contributed by atoms with Crippen molar-refractivity contribution >= 4 is 5.91 Å². The summed E-state index contributed by atoms with van der Waals surface area (Å²) in [5.41, 5.74) is 1.84. The summed E-state index contributed by atoms with van der Waals surface area (Å²) in [6, 6.07) is 8.17. The Kier molecular flexibility index (Phi) is 6.22. The van der Waals surface area contributed by atoms with Gasteiger partial charge in [-0.15, -0.1) is 5.10 Å². The minimum atomic E-state index is 0.0396. The smallest absolute Gasteiger partial charge is 0.224 e. The number of carbonyl (C=O) groups is 1. The van der Waals surface area contributed by atoms with Crippen LogP contribution in [-0.4, -0.2) is 57.2 Å². The molecule has 0 aliphatic carbocycles. The van der Waals surface area contributed by atoms with Crippen molar-refractivity contribution in [1.82, 2.24) is 30.4 Å². The molecule has 23 heavy (non-hydrogen) atoms. The third-order valence-corrected chi connectivity index (χ3v) is 4.04. The lowest BCUT2D eigenvalue weighted by Crippen LogP contribution is -2.37. The third-order valence-electron chi connectivity index (χ3n) is 4.04. The first-order valence-corrected chi connectivity index (χ1v) is 7.89. The Balaban J connectivity index is 1.77. The molecule has 0 spiro atoms. The van der Waals surface area contributed by atoms with Gasteiger partial charge in [0, 0.05) is 19.1 Å². The molecule has 1 N–H and O–H groups in total. The summed E-state index contributed by atoms with van der Waals surface area (Å²) >= 11 is 0. The molecule has 2 aromatic rings. The van der Waals surface area contributed by atoms with E-state index in [0.717, 1.165) is 24.2 Å². The van der Waals surface area contributed by atoms with E-state index in [0.29, 0.717) is 19.0 Å². The fourth-order valence-electron chi connectivity index (χ4n) is 2.20. The van der Waals surface area contributed by atoms with Crippen LogP contribution < -0.4 is 5.32 Å². The SMILES string of the molecule is CCC(C)N(C)CCNC(=O)Cc1ccc(-n2cnnn2)cc1. The van der Waals surface area contributed by atoms with E-state index in [1.807, 2.05) is 24.3 Å². The monoisotopic (exact) mass is 316 g/mol. The van der Waals surface area contributed by atoms with E-state index in [-0.39, 0.29) is 5.91 Å². The standard InChI is InChI=1S/C16H24N6O/c1-4-13(2)21(3)10-9-17-16(23)11-14-5-7-15(8-6-14)22-12-18-19-20-22/h5-8,12-13H,4,9-11H2,1-3H3,(H,17,23). The Morgan fingerprint density at radius 3 is 2.70 bits per heavy atom. The summed E-state index contributed by atoms with van der Waals surface area (Å²) in [6.45, 7) is 5.88. The Bertz CT molecular complexity index is 596. The van der Waals surface area contributed by atoms with E-state index < -0.39 is 0 Å². The Labute approximate surface area is 136 Å². The third kappa shape index (κ3) is 5.14. The summed E-state index contributed by atoms with van der Waals surface area (Å²) in [4.78, 5) is 14.2. The highest BCUT2D eigenvalue weighted by Gasteiger charge is 2.08. The number of nitrogens with zero attached hydrogens (tertiary/aromatic N) is 5. The fourth-order valence-corrected chi connectivity index (χ4v) is 2.20. The van der Waals surface area contributed by atoms with E-state index in [9.17, 15) is 4.79 Å². The van der Waals surface area contributed by atoms with Crippen molar-refractivity contribution < 1.29 is 4.79 Å². The van der Waals surface area contributed by atoms with E-state index in [1.54, 1.807) is 4.68 Å². The highest BCUT2D eigenvalue weighted by Crippen LogP contribution is 2.08. The quantitative estimate of drug-likeness (QED) is 0.788. The van der Waals surface area contributed by atoms with Gasteiger partial charge in [-0.25, -0.2) is 4.68 Å². The Hall–Kier alpha value is -2.28. The molecular formula is C16H24N6O. The number of carbonyl (C=O) groups excluding carboxylic acids is 1. The average Bonchev–Trinajstić information content (AvgIpc) is 3.09. The predicted octanol–water partition coefficient (Wildman–Crippen LogP) is 1.05. The molecule has 1 aromatic heterocycles. The highest BCUT2D eigenvalue weighted by molar-refractivity contribution is 5.78. The molecule has 7 heteroatoms. The second-order valence-electron chi connectivity index (χ2n) is 5.69. The van der Waals surface area contributed by atoms with E-state index in [2.05, 4.69) is 46.6 Å². The van der Waals surface area contributed by atoms with Crippen LogP contribution in [0.15, 0.2) is 30.6 Å². The zero-order valence-electron chi connectivity index (χ0n) is 13.9. The number of benzene rings is 1. The number of nitrogens with one attached hydrogen (secondary N) is 1. The number of aromatic nitrogens is 4. The van der Waals surface area contributed by atoms with Crippen LogP contribution in [0.4, 0.5) is 0 Å². The van der Waals surface area contributed by atoms with Crippen molar-refractivity contribution in [2.45, 2.75) is 32.7 Å². The van der Waals surface area contributed by atoms with Crippen LogP contribution in [-0.2, 0) is 11.2 Å². The molecule has 0 saturated carbocycles. The van der Waals surface area contributed by atoms with Crippen LogP contribution in [0.5, 0.6) is 0 Å². The molecule has 0 radical (unpaired) electrons. The molecule has 1 amide bonds. The maximum Gasteiger partial charge on any atom is 0.224 e. The Morgan fingerprint density at radius 1 is 1.35 bits per heavy atom. The van der Waals surface area contributed by atoms with Gasteiger partial charge in [0.05, 0.1) is 12.1 Å². The van der Waals surface area contributed by atoms with Gasteiger partial charge >= 0.3 is 0 Å². The Morgan fingerprint density at radius 2 is 2.09 bits per heavy atom. The molecular weight excluding hydrogens is 292 g/mol. The number of rotatable bonds is 8. The lowest BCUT2D eigenvalue weighted by atomic mass is 10.1. The first-order chi connectivity index (χ1) is 11.1. The van der Waals surface area contributed by atoms with Gasteiger partial charge < -0.3 is 10.2 Å². The largest absolute Gasteiger partial charge is 0.355 e.